The van der Waals surface area contributed by atoms with Crippen LogP contribution in [0.15, 0.2) is 24.3 Å². The van der Waals surface area contributed by atoms with Crippen molar-refractivity contribution in [3.8, 4) is 0 Å². The summed E-state index contributed by atoms with van der Waals surface area (Å²) in [5.74, 6) is -0.331. The van der Waals surface area contributed by atoms with E-state index in [0.29, 0.717) is 11.0 Å². The largest absolute Gasteiger partial charge is 0.505 e. The lowest BCUT2D eigenvalue weighted by molar-refractivity contribution is 0.423. The predicted octanol–water partition coefficient (Wildman–Crippen LogP) is -0.00280. The lowest BCUT2D eigenvalue weighted by atomic mass is 9.86. The summed E-state index contributed by atoms with van der Waals surface area (Å²) in [6.07, 6.45) is 0. The van der Waals surface area contributed by atoms with E-state index in [0.717, 1.165) is 5.52 Å². The van der Waals surface area contributed by atoms with Gasteiger partial charge in [0, 0.05) is 23.5 Å². The molecule has 1 aromatic carbocycles. The summed E-state index contributed by atoms with van der Waals surface area (Å²) in [7, 11) is 0.171. The third-order valence-electron chi connectivity index (χ3n) is 2.31. The molecule has 0 aliphatic rings. The highest BCUT2D eigenvalue weighted by Gasteiger charge is 2.17. The first kappa shape index (κ1) is 9.24. The summed E-state index contributed by atoms with van der Waals surface area (Å²) in [6.45, 7) is 0. The summed E-state index contributed by atoms with van der Waals surface area (Å²) < 4.78 is 14.5. The van der Waals surface area contributed by atoms with Gasteiger partial charge in [0.25, 0.3) is 0 Å². The van der Waals surface area contributed by atoms with Crippen LogP contribution in [0.5, 0.6) is 0 Å². The Morgan fingerprint density at radius 3 is 2.64 bits per heavy atom. The molecule has 0 saturated carbocycles. The van der Waals surface area contributed by atoms with Crippen LogP contribution < -0.4 is 5.59 Å². The van der Waals surface area contributed by atoms with Gasteiger partial charge in [-0.3, -0.25) is 0 Å². The first-order chi connectivity index (χ1) is 6.59. The van der Waals surface area contributed by atoms with Gasteiger partial charge in [-0.2, -0.15) is 0 Å². The van der Waals surface area contributed by atoms with Gasteiger partial charge in [-0.15, -0.1) is 0 Å². The van der Waals surface area contributed by atoms with E-state index in [2.05, 4.69) is 0 Å². The molecule has 3 nitrogen and oxygen atoms in total. The number of hydrogen-bond acceptors (Lipinski definition) is 2. The van der Waals surface area contributed by atoms with Crippen LogP contribution in [0.1, 0.15) is 0 Å². The van der Waals surface area contributed by atoms with Crippen LogP contribution in [0.4, 0.5) is 4.39 Å². The molecule has 0 aliphatic heterocycles. The maximum atomic E-state index is 12.8. The average molecular weight is 193 g/mol. The van der Waals surface area contributed by atoms with Crippen LogP contribution in [0.2, 0.25) is 0 Å². The van der Waals surface area contributed by atoms with E-state index in [-0.39, 0.29) is 5.82 Å². The second-order valence-corrected chi connectivity index (χ2v) is 3.21. The molecule has 0 saturated heterocycles. The smallest absolute Gasteiger partial charge is 0.422 e. The number of rotatable bonds is 1. The fraction of sp³-hybridized carbons (Fsp3) is 0.111. The monoisotopic (exact) mass is 193 g/mol. The molecule has 14 heavy (non-hydrogen) atoms. The van der Waals surface area contributed by atoms with E-state index in [4.69, 9.17) is 10.0 Å². The highest BCUT2D eigenvalue weighted by molar-refractivity contribution is 6.58. The van der Waals surface area contributed by atoms with Crippen LogP contribution in [0.25, 0.3) is 10.9 Å². The summed E-state index contributed by atoms with van der Waals surface area (Å²) in [6, 6.07) is 5.87. The Morgan fingerprint density at radius 2 is 2.00 bits per heavy atom. The van der Waals surface area contributed by atoms with Crippen molar-refractivity contribution in [2.75, 3.05) is 0 Å². The number of benzene rings is 1. The number of fused-ring (bicyclic) bond motifs is 1. The molecular weight excluding hydrogens is 184 g/mol. The quantitative estimate of drug-likeness (QED) is 0.626. The van der Waals surface area contributed by atoms with Crippen molar-refractivity contribution < 1.29 is 14.4 Å². The average Bonchev–Trinajstić information content (AvgIpc) is 2.43. The van der Waals surface area contributed by atoms with Gasteiger partial charge in [0.2, 0.25) is 0 Å². The van der Waals surface area contributed by atoms with E-state index in [1.54, 1.807) is 23.7 Å². The molecule has 72 valence electrons. The molecule has 0 bridgehead atoms. The SMILES string of the molecule is Cn1c(B(O)O)cc2cc(F)ccc21. The Hall–Kier alpha value is -1.33. The minimum atomic E-state index is -1.53. The van der Waals surface area contributed by atoms with Crippen molar-refractivity contribution in [3.05, 3.63) is 30.1 Å². The molecule has 0 fully saturated rings. The van der Waals surface area contributed by atoms with E-state index >= 15 is 0 Å². The first-order valence-electron chi connectivity index (χ1n) is 4.20. The summed E-state index contributed by atoms with van der Waals surface area (Å²) in [5.41, 5.74) is 1.13. The molecule has 0 spiro atoms. The molecule has 2 aromatic rings. The van der Waals surface area contributed by atoms with Crippen molar-refractivity contribution in [1.82, 2.24) is 4.57 Å². The standard InChI is InChI=1S/C9H9BFNO2/c1-12-8-3-2-7(11)4-6(8)5-9(12)10(13)14/h2-5,13-14H,1H3. The van der Waals surface area contributed by atoms with E-state index in [9.17, 15) is 4.39 Å². The van der Waals surface area contributed by atoms with Gasteiger partial charge in [0.1, 0.15) is 5.82 Å². The van der Waals surface area contributed by atoms with Crippen molar-refractivity contribution in [1.29, 1.82) is 0 Å². The fourth-order valence-electron chi connectivity index (χ4n) is 1.59. The normalized spacial score (nSPS) is 10.9. The van der Waals surface area contributed by atoms with Crippen LogP contribution in [-0.4, -0.2) is 21.7 Å². The number of aromatic nitrogens is 1. The van der Waals surface area contributed by atoms with Crippen molar-refractivity contribution in [2.24, 2.45) is 7.05 Å². The minimum absolute atomic E-state index is 0.331. The molecular formula is C9H9BFNO2. The van der Waals surface area contributed by atoms with Gasteiger partial charge in [0.05, 0.1) is 0 Å². The first-order valence-corrected chi connectivity index (χ1v) is 4.20. The van der Waals surface area contributed by atoms with E-state index < -0.39 is 7.12 Å². The Bertz CT molecular complexity index is 481. The zero-order valence-corrected chi connectivity index (χ0v) is 7.61. The van der Waals surface area contributed by atoms with Crippen molar-refractivity contribution in [3.63, 3.8) is 0 Å². The number of aryl methyl sites for hydroxylation is 1. The lowest BCUT2D eigenvalue weighted by Gasteiger charge is -2.01. The van der Waals surface area contributed by atoms with Gasteiger partial charge in [-0.05, 0) is 24.3 Å². The van der Waals surface area contributed by atoms with Crippen molar-refractivity contribution >= 4 is 23.6 Å². The third kappa shape index (κ3) is 1.30. The minimum Gasteiger partial charge on any atom is -0.422 e. The van der Waals surface area contributed by atoms with Gasteiger partial charge in [-0.1, -0.05) is 0 Å². The highest BCUT2D eigenvalue weighted by atomic mass is 19.1. The molecule has 0 radical (unpaired) electrons. The van der Waals surface area contributed by atoms with Crippen molar-refractivity contribution in [2.45, 2.75) is 0 Å². The second kappa shape index (κ2) is 3.11. The Balaban J connectivity index is 2.73. The Kier molecular flexibility index (Phi) is 2.05. The zero-order valence-electron chi connectivity index (χ0n) is 7.61. The highest BCUT2D eigenvalue weighted by Crippen LogP contribution is 2.14. The summed E-state index contributed by atoms with van der Waals surface area (Å²) in [5, 5.41) is 18.7. The van der Waals surface area contributed by atoms with Crippen LogP contribution in [-0.2, 0) is 7.05 Å². The molecule has 5 heteroatoms. The summed E-state index contributed by atoms with van der Waals surface area (Å²) >= 11 is 0. The molecule has 0 amide bonds. The number of nitrogens with zero attached hydrogens (tertiary/aromatic N) is 1. The molecule has 0 unspecified atom stereocenters. The van der Waals surface area contributed by atoms with Gasteiger partial charge >= 0.3 is 7.12 Å². The van der Waals surface area contributed by atoms with Gasteiger partial charge in [0.15, 0.2) is 0 Å². The van der Waals surface area contributed by atoms with Gasteiger partial charge in [-0.25, -0.2) is 4.39 Å². The summed E-state index contributed by atoms with van der Waals surface area (Å²) in [4.78, 5) is 0. The second-order valence-electron chi connectivity index (χ2n) is 3.21. The maximum absolute atomic E-state index is 12.8. The van der Waals surface area contributed by atoms with Gasteiger partial charge < -0.3 is 14.6 Å². The number of hydrogen-bond donors (Lipinski definition) is 2. The van der Waals surface area contributed by atoms with Crippen LogP contribution in [0.3, 0.4) is 0 Å². The maximum Gasteiger partial charge on any atom is 0.505 e. The molecule has 1 aromatic heterocycles. The zero-order chi connectivity index (χ0) is 10.3. The van der Waals surface area contributed by atoms with Crippen LogP contribution >= 0.6 is 0 Å². The molecule has 1 heterocycles. The van der Waals surface area contributed by atoms with Crippen LogP contribution in [0, 0.1) is 5.82 Å². The van der Waals surface area contributed by atoms with E-state index in [1.165, 1.54) is 12.1 Å². The molecule has 0 aliphatic carbocycles. The molecule has 2 rings (SSSR count). The van der Waals surface area contributed by atoms with E-state index in [1.807, 2.05) is 0 Å². The molecule has 0 atom stereocenters. The third-order valence-corrected chi connectivity index (χ3v) is 2.31. The topological polar surface area (TPSA) is 45.4 Å². The Morgan fingerprint density at radius 1 is 1.29 bits per heavy atom. The number of halogens is 1. The predicted molar refractivity (Wildman–Crippen MR) is 52.7 cm³/mol. The molecule has 2 N–H and O–H groups in total. The Labute approximate surface area is 80.5 Å². The fourth-order valence-corrected chi connectivity index (χ4v) is 1.59. The lowest BCUT2D eigenvalue weighted by Crippen LogP contribution is -2.34.